The molecule has 0 aliphatic carbocycles. The zero-order valence-electron chi connectivity index (χ0n) is 9.13. The second-order valence-electron chi connectivity index (χ2n) is 3.28. The first-order valence-electron chi connectivity index (χ1n) is 4.47. The van der Waals surface area contributed by atoms with Gasteiger partial charge in [-0.15, -0.1) is 51.6 Å². The lowest BCUT2D eigenvalue weighted by Gasteiger charge is -2.20. The minimum Gasteiger partial charge on any atom is -0.402 e. The van der Waals surface area contributed by atoms with E-state index in [0.717, 1.165) is 0 Å². The summed E-state index contributed by atoms with van der Waals surface area (Å²) in [5.41, 5.74) is 8.77. The quantitative estimate of drug-likeness (QED) is 0.379. The first-order chi connectivity index (χ1) is 8.83. The fraction of sp³-hybridized carbons (Fsp3) is 0.250. The van der Waals surface area contributed by atoms with Crippen molar-refractivity contribution in [2.45, 2.75) is 22.5 Å². The number of hydrogen-bond acceptors (Lipinski definition) is 6. The van der Waals surface area contributed by atoms with Gasteiger partial charge in [-0.2, -0.15) is 0 Å². The van der Waals surface area contributed by atoms with Crippen LogP contribution in [0, 0.1) is 0 Å². The van der Waals surface area contributed by atoms with E-state index in [9.17, 15) is 26.3 Å². The molecule has 114 valence electrons. The van der Waals surface area contributed by atoms with Gasteiger partial charge in [0.1, 0.15) is 0 Å². The molecule has 0 fully saturated rings. The van der Waals surface area contributed by atoms with Crippen LogP contribution in [0.25, 0.3) is 0 Å². The highest BCUT2D eigenvalue weighted by Crippen LogP contribution is 2.49. The average Bonchev–Trinajstić information content (AvgIpc) is 2.25. The van der Waals surface area contributed by atoms with E-state index in [0.29, 0.717) is 0 Å². The Morgan fingerprint density at radius 2 is 0.950 bits per heavy atom. The van der Waals surface area contributed by atoms with Gasteiger partial charge in [0, 0.05) is 0 Å². The number of anilines is 2. The van der Waals surface area contributed by atoms with Crippen LogP contribution in [0.15, 0.2) is 9.79 Å². The molecule has 0 bridgehead atoms. The van der Waals surface area contributed by atoms with Gasteiger partial charge in [0.05, 0.1) is 21.2 Å². The molecule has 0 aliphatic heterocycles. The van der Waals surface area contributed by atoms with Crippen molar-refractivity contribution in [3.8, 4) is 11.5 Å². The van der Waals surface area contributed by atoms with E-state index >= 15 is 0 Å². The van der Waals surface area contributed by atoms with Gasteiger partial charge in [-0.3, -0.25) is 0 Å². The Morgan fingerprint density at radius 1 is 0.700 bits per heavy atom. The van der Waals surface area contributed by atoms with Crippen LogP contribution in [0.2, 0.25) is 0 Å². The maximum atomic E-state index is 12.1. The van der Waals surface area contributed by atoms with Crippen molar-refractivity contribution in [3.63, 3.8) is 0 Å². The molecule has 4 nitrogen and oxygen atoms in total. The summed E-state index contributed by atoms with van der Waals surface area (Å²) in [5.74, 6) is -2.12. The second kappa shape index (κ2) is 5.24. The first kappa shape index (κ1) is 16.8. The van der Waals surface area contributed by atoms with Crippen molar-refractivity contribution < 1.29 is 35.8 Å². The molecule has 0 saturated carbocycles. The number of rotatable bonds is 2. The van der Waals surface area contributed by atoms with Gasteiger partial charge in [0.2, 0.25) is 0 Å². The number of benzene rings is 1. The zero-order valence-corrected chi connectivity index (χ0v) is 10.9. The number of hydrogen-bond donors (Lipinski definition) is 4. The number of alkyl halides is 6. The number of nitrogen functional groups attached to an aromatic ring is 2. The van der Waals surface area contributed by atoms with Crippen LogP contribution in [0.4, 0.5) is 37.7 Å². The normalized spacial score (nSPS) is 12.4. The van der Waals surface area contributed by atoms with Crippen LogP contribution < -0.4 is 20.9 Å². The third kappa shape index (κ3) is 3.85. The van der Waals surface area contributed by atoms with Crippen molar-refractivity contribution in [1.29, 1.82) is 0 Å². The third-order valence-electron chi connectivity index (χ3n) is 1.87. The lowest BCUT2D eigenvalue weighted by molar-refractivity contribution is -0.277. The SMILES string of the molecule is Nc1c(S)c(OC(F)(F)F)c(N)c(S)c1OC(F)(F)F. The van der Waals surface area contributed by atoms with Gasteiger partial charge in [0.15, 0.2) is 11.5 Å². The Bertz CT molecular complexity index is 455. The van der Waals surface area contributed by atoms with Crippen LogP contribution in [0.1, 0.15) is 0 Å². The molecule has 0 radical (unpaired) electrons. The number of thiol groups is 2. The molecular formula is C8H6F6N2O2S2. The van der Waals surface area contributed by atoms with Crippen LogP contribution in [0.5, 0.6) is 11.5 Å². The maximum Gasteiger partial charge on any atom is 0.573 e. The number of nitrogens with two attached hydrogens (primary N) is 2. The van der Waals surface area contributed by atoms with Crippen molar-refractivity contribution in [2.75, 3.05) is 11.5 Å². The van der Waals surface area contributed by atoms with E-state index in [2.05, 4.69) is 34.7 Å². The third-order valence-corrected chi connectivity index (χ3v) is 2.75. The molecule has 20 heavy (non-hydrogen) atoms. The Hall–Kier alpha value is -1.30. The lowest BCUT2D eigenvalue weighted by atomic mass is 10.2. The summed E-state index contributed by atoms with van der Waals surface area (Å²) in [6, 6.07) is 0. The molecule has 0 amide bonds. The van der Waals surface area contributed by atoms with Crippen LogP contribution in [0.3, 0.4) is 0 Å². The average molecular weight is 340 g/mol. The molecular weight excluding hydrogens is 334 g/mol. The molecule has 0 unspecified atom stereocenters. The fourth-order valence-electron chi connectivity index (χ4n) is 1.15. The molecule has 0 spiro atoms. The van der Waals surface area contributed by atoms with E-state index in [1.165, 1.54) is 0 Å². The first-order valence-corrected chi connectivity index (χ1v) is 5.37. The number of ether oxygens (including phenoxy) is 2. The molecule has 0 heterocycles. The summed E-state index contributed by atoms with van der Waals surface area (Å²) in [6.45, 7) is 0. The Labute approximate surface area is 118 Å². The Morgan fingerprint density at radius 3 is 1.15 bits per heavy atom. The van der Waals surface area contributed by atoms with Gasteiger partial charge in [0.25, 0.3) is 0 Å². The highest BCUT2D eigenvalue weighted by atomic mass is 32.1. The van der Waals surface area contributed by atoms with Gasteiger partial charge < -0.3 is 20.9 Å². The summed E-state index contributed by atoms with van der Waals surface area (Å²) >= 11 is 7.10. The van der Waals surface area contributed by atoms with E-state index in [1.54, 1.807) is 0 Å². The Balaban J connectivity index is 3.42. The molecule has 0 atom stereocenters. The van der Waals surface area contributed by atoms with Crippen LogP contribution in [-0.2, 0) is 0 Å². The highest BCUT2D eigenvalue weighted by Gasteiger charge is 2.37. The van der Waals surface area contributed by atoms with E-state index < -0.39 is 45.4 Å². The summed E-state index contributed by atoms with van der Waals surface area (Å²) in [6.07, 6.45) is -10.3. The van der Waals surface area contributed by atoms with E-state index in [-0.39, 0.29) is 0 Å². The summed E-state index contributed by atoms with van der Waals surface area (Å²) < 4.78 is 80.0. The number of halogens is 6. The van der Waals surface area contributed by atoms with Gasteiger partial charge in [-0.25, -0.2) is 0 Å². The van der Waals surface area contributed by atoms with E-state index in [1.807, 2.05) is 0 Å². The maximum absolute atomic E-state index is 12.1. The van der Waals surface area contributed by atoms with Crippen molar-refractivity contribution in [2.24, 2.45) is 0 Å². The fourth-order valence-corrected chi connectivity index (χ4v) is 1.69. The summed E-state index contributed by atoms with van der Waals surface area (Å²) in [4.78, 5) is -1.51. The molecule has 1 aromatic rings. The van der Waals surface area contributed by atoms with Crippen LogP contribution >= 0.6 is 25.3 Å². The molecule has 0 aliphatic rings. The highest BCUT2D eigenvalue weighted by molar-refractivity contribution is 7.81. The molecule has 0 aromatic heterocycles. The predicted molar refractivity (Wildman–Crippen MR) is 63.1 cm³/mol. The largest absolute Gasteiger partial charge is 0.573 e. The molecule has 1 rings (SSSR count). The van der Waals surface area contributed by atoms with Gasteiger partial charge in [-0.05, 0) is 0 Å². The van der Waals surface area contributed by atoms with Gasteiger partial charge in [-0.1, -0.05) is 0 Å². The molecule has 4 N–H and O–H groups in total. The molecule has 0 saturated heterocycles. The topological polar surface area (TPSA) is 70.5 Å². The monoisotopic (exact) mass is 340 g/mol. The van der Waals surface area contributed by atoms with Crippen molar-refractivity contribution in [3.05, 3.63) is 0 Å². The minimum atomic E-state index is -5.13. The zero-order chi connectivity index (χ0) is 15.9. The Kier molecular flexibility index (Phi) is 4.39. The predicted octanol–water partition coefficient (Wildman–Crippen LogP) is 3.23. The minimum absolute atomic E-state index is 0.753. The van der Waals surface area contributed by atoms with Gasteiger partial charge >= 0.3 is 12.7 Å². The summed E-state index contributed by atoms with van der Waals surface area (Å²) in [7, 11) is 0. The molecule has 1 aromatic carbocycles. The lowest BCUT2D eigenvalue weighted by Crippen LogP contribution is -2.21. The van der Waals surface area contributed by atoms with E-state index in [4.69, 9.17) is 11.5 Å². The van der Waals surface area contributed by atoms with Crippen LogP contribution in [-0.4, -0.2) is 12.7 Å². The molecule has 12 heteroatoms. The summed E-state index contributed by atoms with van der Waals surface area (Å²) in [5, 5.41) is 0. The standard InChI is InChI=1S/C8H6F6N2O2S2/c9-7(10,11)17-3-1(15)5(19)4(2(16)6(3)20)18-8(12,13)14/h19-20H,15-16H2. The van der Waals surface area contributed by atoms with Crippen molar-refractivity contribution >= 4 is 36.6 Å². The smallest absolute Gasteiger partial charge is 0.402 e. The second-order valence-corrected chi connectivity index (χ2v) is 4.17. The van der Waals surface area contributed by atoms with Crippen molar-refractivity contribution in [1.82, 2.24) is 0 Å².